The first-order valence-corrected chi connectivity index (χ1v) is 25.3. The van der Waals surface area contributed by atoms with Crippen molar-refractivity contribution in [2.24, 2.45) is 0 Å². The molecule has 2 fully saturated rings. The van der Waals surface area contributed by atoms with Gasteiger partial charge in [0.2, 0.25) is 0 Å². The molecule has 0 heterocycles. The van der Waals surface area contributed by atoms with Crippen molar-refractivity contribution in [3.05, 3.63) is 74.1 Å². The molecule has 4 aliphatic carbocycles. The summed E-state index contributed by atoms with van der Waals surface area (Å²) in [7, 11) is 0. The van der Waals surface area contributed by atoms with Gasteiger partial charge in [-0.05, 0) is 0 Å². The normalized spacial score (nSPS) is 19.0. The summed E-state index contributed by atoms with van der Waals surface area (Å²) in [5.41, 5.74) is 11.7. The number of rotatable bonds is 4. The van der Waals surface area contributed by atoms with Crippen molar-refractivity contribution in [1.29, 1.82) is 0 Å². The molecule has 4 aliphatic rings. The van der Waals surface area contributed by atoms with Crippen LogP contribution in [0.15, 0.2) is 51.8 Å². The van der Waals surface area contributed by atoms with Gasteiger partial charge in [0.25, 0.3) is 0 Å². The van der Waals surface area contributed by atoms with E-state index in [1.165, 1.54) is 69.8 Å². The molecule has 2 aromatic rings. The van der Waals surface area contributed by atoms with Crippen LogP contribution in [0.3, 0.4) is 0 Å². The van der Waals surface area contributed by atoms with Gasteiger partial charge >= 0.3 is 268 Å². The fourth-order valence-electron chi connectivity index (χ4n) is 8.70. The zero-order valence-corrected chi connectivity index (χ0v) is 33.4. The summed E-state index contributed by atoms with van der Waals surface area (Å²) in [5.74, 6) is 0. The zero-order valence-electron chi connectivity index (χ0n) is 28.4. The minimum absolute atomic E-state index is 0. The van der Waals surface area contributed by atoms with Crippen LogP contribution in [0.25, 0.3) is 11.1 Å². The maximum atomic E-state index is 2.67. The van der Waals surface area contributed by atoms with Gasteiger partial charge in [-0.2, -0.15) is 0 Å². The van der Waals surface area contributed by atoms with Crippen LogP contribution in [-0.4, -0.2) is 5.43 Å². The predicted octanol–water partition coefficient (Wildman–Crippen LogP) is 5.39. The first-order chi connectivity index (χ1) is 20.1. The molecule has 6 rings (SSSR count). The Morgan fingerprint density at radius 1 is 0.682 bits per heavy atom. The third kappa shape index (κ3) is 7.66. The van der Waals surface area contributed by atoms with E-state index in [1.54, 1.807) is 53.5 Å². The van der Waals surface area contributed by atoms with Crippen LogP contribution in [0, 0.1) is 0 Å². The van der Waals surface area contributed by atoms with E-state index in [2.05, 4.69) is 90.1 Å². The van der Waals surface area contributed by atoms with Crippen molar-refractivity contribution in [3.8, 4) is 11.1 Å². The predicted molar refractivity (Wildman–Crippen MR) is 182 cm³/mol. The topological polar surface area (TPSA) is 0 Å². The molecule has 0 atom stereocenters. The van der Waals surface area contributed by atoms with Crippen molar-refractivity contribution in [2.45, 2.75) is 153 Å². The van der Waals surface area contributed by atoms with Crippen molar-refractivity contribution in [3.63, 3.8) is 0 Å². The first kappa shape index (κ1) is 36.4. The molecule has 0 saturated heterocycles. The van der Waals surface area contributed by atoms with Crippen molar-refractivity contribution < 1.29 is 45.2 Å². The third-order valence-corrected chi connectivity index (χ3v) is 33.2. The molecule has 2 saturated carbocycles. The largest absolute Gasteiger partial charge is 1.00 e. The monoisotopic (exact) mass is 724 g/mol. The molecule has 0 unspecified atom stereocenters. The second kappa shape index (κ2) is 15.2. The second-order valence-electron chi connectivity index (χ2n) is 16.1. The van der Waals surface area contributed by atoms with E-state index < -0.39 is 25.8 Å². The summed E-state index contributed by atoms with van der Waals surface area (Å²) in [6, 6.07) is 12.7. The molecule has 0 spiro atoms. The van der Waals surface area contributed by atoms with Gasteiger partial charge in [0.1, 0.15) is 0 Å². The number of hydrogen-bond acceptors (Lipinski definition) is 0. The van der Waals surface area contributed by atoms with E-state index >= 15 is 0 Å². The van der Waals surface area contributed by atoms with Gasteiger partial charge in [-0.15, -0.1) is 0 Å². The van der Waals surface area contributed by atoms with Gasteiger partial charge in [0.15, 0.2) is 0 Å². The Hall–Kier alpha value is -0.400. The van der Waals surface area contributed by atoms with Gasteiger partial charge in [-0.1, -0.05) is 0 Å². The SMILES string of the molecule is CC(C)(C)c1ccc2c(c1)Cc1c-2ccc(C(C)(C)C)[c]1[Zr+2]([C]1=CC=CC1)=[Si](C1CCCCCC1)C1CCCCCC1.[Cl-].[Cl-]. The van der Waals surface area contributed by atoms with E-state index in [4.69, 9.17) is 0 Å². The van der Waals surface area contributed by atoms with Crippen LogP contribution >= 0.6 is 0 Å². The van der Waals surface area contributed by atoms with Gasteiger partial charge < -0.3 is 24.8 Å². The van der Waals surface area contributed by atoms with Crippen LogP contribution in [0.5, 0.6) is 0 Å². The maximum Gasteiger partial charge on any atom is -1.00 e. The van der Waals surface area contributed by atoms with Crippen LogP contribution < -0.4 is 28.1 Å². The quantitative estimate of drug-likeness (QED) is 0.250. The van der Waals surface area contributed by atoms with Crippen molar-refractivity contribution in [2.75, 3.05) is 0 Å². The van der Waals surface area contributed by atoms with Gasteiger partial charge in [0.05, 0.1) is 0 Å². The zero-order chi connectivity index (χ0) is 29.5. The fourth-order valence-corrected chi connectivity index (χ4v) is 36.1. The summed E-state index contributed by atoms with van der Waals surface area (Å²) in [6.07, 6.45) is 28.2. The van der Waals surface area contributed by atoms with E-state index in [-0.39, 0.29) is 35.6 Å². The Morgan fingerprint density at radius 2 is 1.25 bits per heavy atom. The smallest absolute Gasteiger partial charge is 1.00 e. The molecule has 238 valence electrons. The van der Waals surface area contributed by atoms with E-state index in [0.717, 1.165) is 11.1 Å². The van der Waals surface area contributed by atoms with E-state index in [0.29, 0.717) is 0 Å². The number of fused-ring (bicyclic) bond motifs is 3. The Kier molecular flexibility index (Phi) is 12.6. The number of benzene rings is 2. The Labute approximate surface area is 290 Å². The van der Waals surface area contributed by atoms with Gasteiger partial charge in [-0.3, -0.25) is 0 Å². The Balaban J connectivity index is 0.00000221. The van der Waals surface area contributed by atoms with Crippen molar-refractivity contribution >= 4 is 8.70 Å². The second-order valence-corrected chi connectivity index (χ2v) is 30.5. The van der Waals surface area contributed by atoms with Crippen LogP contribution in [-0.2, 0) is 37.6 Å². The average molecular weight is 727 g/mol. The molecule has 2 aromatic carbocycles. The molecule has 0 radical (unpaired) electrons. The number of hydrogen-bond donors (Lipinski definition) is 0. The standard InChI is InChI=1S/C21H25.C14H26Si.C5H5.2ClH.Zr/c1-20(2,3)16-7-9-18-14(12-16)11-15-13-17(21(4,5)6)8-10-19(15)18;1-2-6-10-13(9-5-1)15-14-11-7-3-4-8-12-14;1-2-4-5-3-1;;;/h7-10,12H,11H2,1-6H3;13-14H,1-12H2;1-3H,4H2;2*1H;/q;;;;;+2/p-2. The molecule has 0 N–H and O–H groups in total. The van der Waals surface area contributed by atoms with Crippen molar-refractivity contribution in [1.82, 2.24) is 0 Å². The Morgan fingerprint density at radius 3 is 1.75 bits per heavy atom. The third-order valence-electron chi connectivity index (χ3n) is 11.0. The summed E-state index contributed by atoms with van der Waals surface area (Å²) < 4.78 is 3.96. The van der Waals surface area contributed by atoms with Gasteiger partial charge in [-0.25, -0.2) is 0 Å². The maximum absolute atomic E-state index is 2.67. The number of halogens is 2. The summed E-state index contributed by atoms with van der Waals surface area (Å²) in [6.45, 7) is 14.7. The first-order valence-electron chi connectivity index (χ1n) is 17.5. The summed E-state index contributed by atoms with van der Waals surface area (Å²) >= 11 is -2.26. The Bertz CT molecular complexity index is 1380. The minimum atomic E-state index is -2.26. The molecule has 0 aliphatic heterocycles. The summed E-state index contributed by atoms with van der Waals surface area (Å²) in [5, 5.41) is 0. The molecule has 4 heteroatoms. The molecule has 0 aromatic heterocycles. The van der Waals surface area contributed by atoms with E-state index in [9.17, 15) is 0 Å². The minimum Gasteiger partial charge on any atom is -1.00 e. The average Bonchev–Trinajstić information content (AvgIpc) is 3.40. The van der Waals surface area contributed by atoms with Gasteiger partial charge in [0, 0.05) is 0 Å². The molecule has 44 heavy (non-hydrogen) atoms. The molecule has 0 bridgehead atoms. The van der Waals surface area contributed by atoms with E-state index in [1.807, 2.05) is 6.55 Å². The number of allylic oxidation sites excluding steroid dienone is 4. The molecular formula is C40H56Cl2SiZr. The molecular weight excluding hydrogens is 671 g/mol. The fraction of sp³-hybridized carbons (Fsp3) is 0.600. The molecule has 0 nitrogen and oxygen atoms in total. The molecule has 0 amide bonds. The van der Waals surface area contributed by atoms with Crippen LogP contribution in [0.1, 0.15) is 147 Å². The summed E-state index contributed by atoms with van der Waals surface area (Å²) in [4.78, 5) is 0. The van der Waals surface area contributed by atoms with Crippen LogP contribution in [0.2, 0.25) is 11.1 Å². The van der Waals surface area contributed by atoms with Crippen LogP contribution in [0.4, 0.5) is 0 Å².